The van der Waals surface area contributed by atoms with Gasteiger partial charge in [-0.15, -0.1) is 0 Å². The molecule has 1 unspecified atom stereocenters. The molecular formula is C17H31NO2. The van der Waals surface area contributed by atoms with Crippen LogP contribution in [0.3, 0.4) is 0 Å². The van der Waals surface area contributed by atoms with Crippen LogP contribution in [0.2, 0.25) is 0 Å². The molecule has 0 aromatic rings. The second-order valence-corrected chi connectivity index (χ2v) is 6.86. The van der Waals surface area contributed by atoms with E-state index < -0.39 is 5.54 Å². The van der Waals surface area contributed by atoms with Crippen LogP contribution in [0.4, 0.5) is 0 Å². The molecule has 0 bridgehead atoms. The molecule has 0 aromatic carbocycles. The van der Waals surface area contributed by atoms with E-state index in [2.05, 4.69) is 12.2 Å². The van der Waals surface area contributed by atoms with Crippen molar-refractivity contribution in [3.63, 3.8) is 0 Å². The summed E-state index contributed by atoms with van der Waals surface area (Å²) in [5.41, 5.74) is -0.482. The number of esters is 1. The van der Waals surface area contributed by atoms with Gasteiger partial charge in [0.15, 0.2) is 0 Å². The first-order valence-corrected chi connectivity index (χ1v) is 8.53. The fourth-order valence-corrected chi connectivity index (χ4v) is 4.08. The monoisotopic (exact) mass is 281 g/mol. The lowest BCUT2D eigenvalue weighted by atomic mass is 9.75. The van der Waals surface area contributed by atoms with E-state index >= 15 is 0 Å². The maximum Gasteiger partial charge on any atom is 0.326 e. The Morgan fingerprint density at radius 1 is 0.950 bits per heavy atom. The lowest BCUT2D eigenvalue weighted by molar-refractivity contribution is -0.151. The van der Waals surface area contributed by atoms with Gasteiger partial charge in [0.25, 0.3) is 0 Å². The molecule has 2 saturated carbocycles. The van der Waals surface area contributed by atoms with Gasteiger partial charge in [0.05, 0.1) is 7.11 Å². The Balaban J connectivity index is 2.06. The largest absolute Gasteiger partial charge is 0.468 e. The summed E-state index contributed by atoms with van der Waals surface area (Å²) in [6.07, 6.45) is 13.8. The topological polar surface area (TPSA) is 38.3 Å². The van der Waals surface area contributed by atoms with Crippen LogP contribution in [0.15, 0.2) is 0 Å². The molecule has 2 aliphatic rings. The molecule has 2 rings (SSSR count). The number of carbonyl (C=O) groups excluding carboxylic acids is 1. The quantitative estimate of drug-likeness (QED) is 0.629. The predicted molar refractivity (Wildman–Crippen MR) is 81.6 cm³/mol. The SMILES string of the molecule is COC(=O)C(C)(NC1CCCCCC1)C1CCCCC1. The molecule has 2 aliphatic carbocycles. The van der Waals surface area contributed by atoms with Crippen LogP contribution in [0.25, 0.3) is 0 Å². The average molecular weight is 281 g/mol. The van der Waals surface area contributed by atoms with Crippen molar-refractivity contribution in [3.8, 4) is 0 Å². The van der Waals surface area contributed by atoms with Gasteiger partial charge in [-0.1, -0.05) is 44.9 Å². The smallest absolute Gasteiger partial charge is 0.326 e. The minimum atomic E-state index is -0.482. The number of rotatable bonds is 4. The number of ether oxygens (including phenoxy) is 1. The van der Waals surface area contributed by atoms with Crippen molar-refractivity contribution in [2.75, 3.05) is 7.11 Å². The maximum absolute atomic E-state index is 12.4. The van der Waals surface area contributed by atoms with Gasteiger partial charge in [0.2, 0.25) is 0 Å². The zero-order chi connectivity index (χ0) is 14.4. The first kappa shape index (κ1) is 15.8. The number of hydrogen-bond donors (Lipinski definition) is 1. The molecule has 0 aliphatic heterocycles. The van der Waals surface area contributed by atoms with Gasteiger partial charge < -0.3 is 4.74 Å². The predicted octanol–water partition coefficient (Wildman–Crippen LogP) is 3.81. The molecule has 2 fully saturated rings. The number of hydrogen-bond acceptors (Lipinski definition) is 3. The third-order valence-electron chi connectivity index (χ3n) is 5.39. The van der Waals surface area contributed by atoms with Crippen molar-refractivity contribution in [2.45, 2.75) is 89.1 Å². The third-order valence-corrected chi connectivity index (χ3v) is 5.39. The molecule has 0 aromatic heterocycles. The zero-order valence-electron chi connectivity index (χ0n) is 13.2. The van der Waals surface area contributed by atoms with E-state index in [9.17, 15) is 4.79 Å². The summed E-state index contributed by atoms with van der Waals surface area (Å²) in [6, 6.07) is 0.489. The molecule has 20 heavy (non-hydrogen) atoms. The highest BCUT2D eigenvalue weighted by atomic mass is 16.5. The third kappa shape index (κ3) is 3.75. The lowest BCUT2D eigenvalue weighted by Crippen LogP contribution is -2.59. The molecule has 0 heterocycles. The van der Waals surface area contributed by atoms with Crippen molar-refractivity contribution in [1.29, 1.82) is 0 Å². The lowest BCUT2D eigenvalue weighted by Gasteiger charge is -2.40. The Labute approximate surface area is 123 Å². The van der Waals surface area contributed by atoms with Crippen LogP contribution >= 0.6 is 0 Å². The van der Waals surface area contributed by atoms with Gasteiger partial charge in [-0.25, -0.2) is 0 Å². The first-order valence-electron chi connectivity index (χ1n) is 8.53. The van der Waals surface area contributed by atoms with E-state index in [0.717, 1.165) is 12.8 Å². The Kier molecular flexibility index (Phi) is 5.88. The van der Waals surface area contributed by atoms with E-state index in [1.54, 1.807) is 0 Å². The highest BCUT2D eigenvalue weighted by Crippen LogP contribution is 2.34. The minimum absolute atomic E-state index is 0.0614. The van der Waals surface area contributed by atoms with Crippen molar-refractivity contribution in [2.24, 2.45) is 5.92 Å². The normalized spacial score (nSPS) is 25.7. The van der Waals surface area contributed by atoms with E-state index in [-0.39, 0.29) is 5.97 Å². The number of nitrogens with one attached hydrogen (secondary N) is 1. The van der Waals surface area contributed by atoms with Gasteiger partial charge in [-0.2, -0.15) is 0 Å². The van der Waals surface area contributed by atoms with Crippen LogP contribution < -0.4 is 5.32 Å². The van der Waals surface area contributed by atoms with E-state index in [1.807, 2.05) is 0 Å². The van der Waals surface area contributed by atoms with Gasteiger partial charge in [0, 0.05) is 6.04 Å². The molecule has 0 radical (unpaired) electrons. The van der Waals surface area contributed by atoms with Gasteiger partial charge in [0.1, 0.15) is 5.54 Å². The molecule has 1 N–H and O–H groups in total. The summed E-state index contributed by atoms with van der Waals surface area (Å²) < 4.78 is 5.14. The van der Waals surface area contributed by atoms with Crippen LogP contribution in [-0.4, -0.2) is 24.7 Å². The molecule has 116 valence electrons. The average Bonchev–Trinajstić information content (AvgIpc) is 2.75. The second kappa shape index (κ2) is 7.44. The molecule has 1 atom stereocenters. The summed E-state index contributed by atoms with van der Waals surface area (Å²) in [6.45, 7) is 2.08. The van der Waals surface area contributed by atoms with Crippen molar-refractivity contribution < 1.29 is 9.53 Å². The van der Waals surface area contributed by atoms with Crippen molar-refractivity contribution in [3.05, 3.63) is 0 Å². The van der Waals surface area contributed by atoms with Gasteiger partial charge in [-0.05, 0) is 38.5 Å². The van der Waals surface area contributed by atoms with Crippen molar-refractivity contribution >= 4 is 5.97 Å². The van der Waals surface area contributed by atoms with E-state index in [1.165, 1.54) is 64.9 Å². The Hall–Kier alpha value is -0.570. The van der Waals surface area contributed by atoms with Gasteiger partial charge >= 0.3 is 5.97 Å². The van der Waals surface area contributed by atoms with Gasteiger partial charge in [-0.3, -0.25) is 10.1 Å². The Morgan fingerprint density at radius 2 is 1.45 bits per heavy atom. The summed E-state index contributed by atoms with van der Waals surface area (Å²) >= 11 is 0. The standard InChI is InChI=1S/C17H31NO2/c1-17(16(19)20-2,14-10-6-5-7-11-14)18-15-12-8-3-4-9-13-15/h14-15,18H,3-13H2,1-2H3. The van der Waals surface area contributed by atoms with E-state index in [0.29, 0.717) is 12.0 Å². The van der Waals surface area contributed by atoms with Crippen LogP contribution in [0, 0.1) is 5.92 Å². The van der Waals surface area contributed by atoms with Crippen LogP contribution in [-0.2, 0) is 9.53 Å². The fraction of sp³-hybridized carbons (Fsp3) is 0.941. The first-order chi connectivity index (χ1) is 9.66. The second-order valence-electron chi connectivity index (χ2n) is 6.86. The molecule has 3 nitrogen and oxygen atoms in total. The molecule has 0 spiro atoms. The summed E-state index contributed by atoms with van der Waals surface area (Å²) in [4.78, 5) is 12.4. The highest BCUT2D eigenvalue weighted by Gasteiger charge is 2.43. The Morgan fingerprint density at radius 3 is 2.00 bits per heavy atom. The van der Waals surface area contributed by atoms with Crippen LogP contribution in [0.5, 0.6) is 0 Å². The molecular weight excluding hydrogens is 250 g/mol. The highest BCUT2D eigenvalue weighted by molar-refractivity contribution is 5.80. The molecule has 0 amide bonds. The van der Waals surface area contributed by atoms with Crippen LogP contribution in [0.1, 0.15) is 77.6 Å². The minimum Gasteiger partial charge on any atom is -0.468 e. The number of methoxy groups -OCH3 is 1. The maximum atomic E-state index is 12.4. The zero-order valence-corrected chi connectivity index (χ0v) is 13.2. The summed E-state index contributed by atoms with van der Waals surface area (Å²) in [5, 5.41) is 3.72. The fourth-order valence-electron chi connectivity index (χ4n) is 4.08. The van der Waals surface area contributed by atoms with Crippen molar-refractivity contribution in [1.82, 2.24) is 5.32 Å². The summed E-state index contributed by atoms with van der Waals surface area (Å²) in [7, 11) is 1.53. The van der Waals surface area contributed by atoms with E-state index in [4.69, 9.17) is 4.74 Å². The Bertz CT molecular complexity index is 304. The number of carbonyl (C=O) groups is 1. The molecule has 3 heteroatoms. The molecule has 0 saturated heterocycles. The summed E-state index contributed by atoms with van der Waals surface area (Å²) in [5.74, 6) is 0.376.